The molecular formula is C27H20BrN3O6S. The fraction of sp³-hybridized carbons (Fsp3) is 0.148. The van der Waals surface area contributed by atoms with Crippen LogP contribution in [0.25, 0.3) is 17.4 Å². The van der Waals surface area contributed by atoms with Gasteiger partial charge in [-0.05, 0) is 49.8 Å². The van der Waals surface area contributed by atoms with Gasteiger partial charge in [0.2, 0.25) is 0 Å². The average molecular weight is 594 g/mol. The molecule has 0 bridgehead atoms. The van der Waals surface area contributed by atoms with E-state index in [0.29, 0.717) is 32.1 Å². The summed E-state index contributed by atoms with van der Waals surface area (Å²) in [6, 6.07) is 16.0. The van der Waals surface area contributed by atoms with Crippen molar-refractivity contribution < 1.29 is 18.9 Å². The van der Waals surface area contributed by atoms with E-state index in [1.54, 1.807) is 44.2 Å². The number of benzene rings is 2. The molecule has 5 rings (SSSR count). The van der Waals surface area contributed by atoms with E-state index in [1.165, 1.54) is 28.0 Å². The first-order chi connectivity index (χ1) is 18.3. The summed E-state index contributed by atoms with van der Waals surface area (Å²) in [6.45, 7) is 3.53. The highest BCUT2D eigenvalue weighted by Crippen LogP contribution is 2.34. The number of furan rings is 1. The van der Waals surface area contributed by atoms with Gasteiger partial charge in [0.15, 0.2) is 4.80 Å². The van der Waals surface area contributed by atoms with Gasteiger partial charge in [-0.25, -0.2) is 9.79 Å². The molecule has 0 fully saturated rings. The van der Waals surface area contributed by atoms with Gasteiger partial charge in [0.1, 0.15) is 17.6 Å². The highest BCUT2D eigenvalue weighted by molar-refractivity contribution is 9.10. The molecule has 0 spiro atoms. The molecule has 0 radical (unpaired) electrons. The highest BCUT2D eigenvalue weighted by atomic mass is 79.9. The number of thiazole rings is 1. The monoisotopic (exact) mass is 593 g/mol. The van der Waals surface area contributed by atoms with Crippen molar-refractivity contribution in [1.82, 2.24) is 4.57 Å². The topological polar surface area (TPSA) is 117 Å². The normalized spacial score (nSPS) is 15.2. The number of non-ortho nitro benzene ring substituents is 1. The minimum atomic E-state index is -0.926. The smallest absolute Gasteiger partial charge is 0.338 e. The zero-order valence-electron chi connectivity index (χ0n) is 20.2. The van der Waals surface area contributed by atoms with Crippen molar-refractivity contribution in [2.75, 3.05) is 6.61 Å². The number of allylic oxidation sites excluding steroid dienone is 1. The van der Waals surface area contributed by atoms with Gasteiger partial charge in [-0.1, -0.05) is 51.5 Å². The number of aromatic nitrogens is 1. The van der Waals surface area contributed by atoms with Crippen molar-refractivity contribution in [1.29, 1.82) is 0 Å². The number of nitro groups is 1. The van der Waals surface area contributed by atoms with Crippen LogP contribution in [-0.4, -0.2) is 22.1 Å². The number of halogens is 1. The van der Waals surface area contributed by atoms with Crippen molar-refractivity contribution >= 4 is 45.0 Å². The minimum Gasteiger partial charge on any atom is -0.463 e. The van der Waals surface area contributed by atoms with Crippen LogP contribution in [0.5, 0.6) is 0 Å². The molecule has 9 nitrogen and oxygen atoms in total. The summed E-state index contributed by atoms with van der Waals surface area (Å²) in [4.78, 5) is 42.5. The van der Waals surface area contributed by atoms with E-state index in [1.807, 2.05) is 24.3 Å². The van der Waals surface area contributed by atoms with Gasteiger partial charge in [-0.2, -0.15) is 0 Å². The molecule has 4 aromatic rings. The van der Waals surface area contributed by atoms with Crippen molar-refractivity contribution in [3.63, 3.8) is 0 Å². The Hall–Kier alpha value is -4.09. The molecule has 0 unspecified atom stereocenters. The number of nitrogens with zero attached hydrogens (tertiary/aromatic N) is 3. The van der Waals surface area contributed by atoms with Gasteiger partial charge in [0.25, 0.3) is 11.2 Å². The molecule has 0 saturated heterocycles. The highest BCUT2D eigenvalue weighted by Gasteiger charge is 2.35. The Morgan fingerprint density at radius 3 is 2.71 bits per heavy atom. The first kappa shape index (κ1) is 25.6. The van der Waals surface area contributed by atoms with Crippen molar-refractivity contribution in [2.24, 2.45) is 4.99 Å². The second kappa shape index (κ2) is 10.3. The third-order valence-corrected chi connectivity index (χ3v) is 7.43. The lowest BCUT2D eigenvalue weighted by molar-refractivity contribution is -0.384. The van der Waals surface area contributed by atoms with E-state index in [0.717, 1.165) is 10.0 Å². The van der Waals surface area contributed by atoms with E-state index in [2.05, 4.69) is 20.9 Å². The van der Waals surface area contributed by atoms with E-state index >= 15 is 0 Å². The van der Waals surface area contributed by atoms with E-state index in [9.17, 15) is 19.7 Å². The standard InChI is InChI=1S/C27H20BrN3O6S/c1-3-36-26(33)23-15(2)29-27-30(25(32)22(38-27)13-16-7-9-18(28)10-8-16)24(23)21-12-11-20(37-21)17-5-4-6-19(14-17)31(34)35/h4-14,24H,3H2,1-2H3/b22-13-/t24-/m0/s1. The van der Waals surface area contributed by atoms with E-state index in [4.69, 9.17) is 9.15 Å². The summed E-state index contributed by atoms with van der Waals surface area (Å²) in [5, 5.41) is 11.2. The molecule has 0 saturated carbocycles. The van der Waals surface area contributed by atoms with Crippen LogP contribution >= 0.6 is 27.3 Å². The number of hydrogen-bond donors (Lipinski definition) is 0. The number of carbonyl (C=O) groups excluding carboxylic acids is 1. The Balaban J connectivity index is 1.67. The molecule has 3 heterocycles. The molecule has 38 heavy (non-hydrogen) atoms. The van der Waals surface area contributed by atoms with Gasteiger partial charge < -0.3 is 9.15 Å². The zero-order chi connectivity index (χ0) is 27.0. The summed E-state index contributed by atoms with van der Waals surface area (Å²) < 4.78 is 14.2. The molecule has 1 atom stereocenters. The van der Waals surface area contributed by atoms with Crippen LogP contribution in [0.3, 0.4) is 0 Å². The second-order valence-corrected chi connectivity index (χ2v) is 10.3. The summed E-state index contributed by atoms with van der Waals surface area (Å²) >= 11 is 4.62. The summed E-state index contributed by atoms with van der Waals surface area (Å²) in [5.41, 5.74) is 1.52. The number of nitro benzene ring substituents is 1. The third-order valence-electron chi connectivity index (χ3n) is 5.92. The van der Waals surface area contributed by atoms with Crippen LogP contribution in [-0.2, 0) is 9.53 Å². The molecule has 2 aromatic carbocycles. The molecule has 0 aliphatic carbocycles. The number of rotatable bonds is 6. The first-order valence-electron chi connectivity index (χ1n) is 11.6. The number of fused-ring (bicyclic) bond motifs is 1. The Morgan fingerprint density at radius 2 is 2.00 bits per heavy atom. The molecule has 11 heteroatoms. The molecule has 2 aromatic heterocycles. The van der Waals surface area contributed by atoms with Crippen LogP contribution in [0.15, 0.2) is 90.6 Å². The predicted octanol–water partition coefficient (Wildman–Crippen LogP) is 4.73. The maximum Gasteiger partial charge on any atom is 0.338 e. The van der Waals surface area contributed by atoms with Crippen LogP contribution in [0.4, 0.5) is 5.69 Å². The second-order valence-electron chi connectivity index (χ2n) is 8.36. The Labute approximate surface area is 228 Å². The lowest BCUT2D eigenvalue weighted by atomic mass is 10.0. The maximum atomic E-state index is 13.7. The van der Waals surface area contributed by atoms with Gasteiger partial charge in [0, 0.05) is 22.2 Å². The molecular weight excluding hydrogens is 574 g/mol. The fourth-order valence-electron chi connectivity index (χ4n) is 4.20. The summed E-state index contributed by atoms with van der Waals surface area (Å²) in [5.74, 6) is 0.0629. The lowest BCUT2D eigenvalue weighted by Gasteiger charge is -2.22. The average Bonchev–Trinajstić information content (AvgIpc) is 3.50. The summed E-state index contributed by atoms with van der Waals surface area (Å²) in [6.07, 6.45) is 1.77. The molecule has 1 aliphatic rings. The molecule has 0 amide bonds. The number of esters is 1. The quantitative estimate of drug-likeness (QED) is 0.181. The minimum absolute atomic E-state index is 0.0793. The number of carbonyl (C=O) groups is 1. The van der Waals surface area contributed by atoms with Crippen LogP contribution in [0.1, 0.15) is 31.2 Å². The van der Waals surface area contributed by atoms with Crippen molar-refractivity contribution in [3.8, 4) is 11.3 Å². The van der Waals surface area contributed by atoms with Crippen LogP contribution in [0, 0.1) is 10.1 Å². The molecule has 0 N–H and O–H groups in total. The van der Waals surface area contributed by atoms with E-state index in [-0.39, 0.29) is 23.4 Å². The Morgan fingerprint density at radius 1 is 1.24 bits per heavy atom. The third kappa shape index (κ3) is 4.77. The van der Waals surface area contributed by atoms with Gasteiger partial charge in [-0.3, -0.25) is 19.5 Å². The molecule has 1 aliphatic heterocycles. The largest absolute Gasteiger partial charge is 0.463 e. The number of hydrogen-bond acceptors (Lipinski definition) is 8. The lowest BCUT2D eigenvalue weighted by Crippen LogP contribution is -2.39. The number of ether oxygens (including phenoxy) is 1. The SMILES string of the molecule is CCOC(=O)C1=C(C)N=c2s/c(=C\c3ccc(Br)cc3)c(=O)n2[C@H]1c1ccc(-c2cccc([N+](=O)[O-])c2)o1. The van der Waals surface area contributed by atoms with Gasteiger partial charge >= 0.3 is 5.97 Å². The predicted molar refractivity (Wildman–Crippen MR) is 145 cm³/mol. The summed E-state index contributed by atoms with van der Waals surface area (Å²) in [7, 11) is 0. The van der Waals surface area contributed by atoms with Gasteiger partial charge in [-0.15, -0.1) is 0 Å². The fourth-order valence-corrected chi connectivity index (χ4v) is 5.51. The van der Waals surface area contributed by atoms with Crippen LogP contribution < -0.4 is 14.9 Å². The maximum absolute atomic E-state index is 13.7. The zero-order valence-corrected chi connectivity index (χ0v) is 22.6. The molecule has 192 valence electrons. The van der Waals surface area contributed by atoms with Crippen LogP contribution in [0.2, 0.25) is 0 Å². The van der Waals surface area contributed by atoms with Crippen molar-refractivity contribution in [3.05, 3.63) is 118 Å². The Kier molecular flexibility index (Phi) is 6.96. The first-order valence-corrected chi connectivity index (χ1v) is 13.2. The van der Waals surface area contributed by atoms with E-state index < -0.39 is 16.9 Å². The van der Waals surface area contributed by atoms with Gasteiger partial charge in [0.05, 0.1) is 27.3 Å². The Bertz CT molecular complexity index is 1780. The van der Waals surface area contributed by atoms with Crippen molar-refractivity contribution in [2.45, 2.75) is 19.9 Å².